The number of para-hydroxylation sites is 1. The van der Waals surface area contributed by atoms with Crippen LogP contribution in [0.15, 0.2) is 176 Å². The number of thiophene rings is 1. The Morgan fingerprint density at radius 1 is 0.519 bits per heavy atom. The summed E-state index contributed by atoms with van der Waals surface area (Å²) in [6, 6.07) is 61.1. The SMILES string of the molecule is OC1=Cc2c(n(-c3ccccc3)c3ccc(-c4ccc(N(c5ccc(-c6ccccc6)cc5)c5cccc6c5sc5ccccc56)cc4)cc23)CC1. The molecule has 0 saturated heterocycles. The van der Waals surface area contributed by atoms with Crippen LogP contribution in [-0.4, -0.2) is 9.67 Å². The van der Waals surface area contributed by atoms with Gasteiger partial charge in [0.1, 0.15) is 0 Å². The van der Waals surface area contributed by atoms with Crippen LogP contribution < -0.4 is 4.90 Å². The average Bonchev–Trinajstić information content (AvgIpc) is 3.75. The number of hydrogen-bond acceptors (Lipinski definition) is 3. The molecule has 0 radical (unpaired) electrons. The minimum Gasteiger partial charge on any atom is -0.512 e. The number of aromatic nitrogens is 1. The first kappa shape index (κ1) is 30.5. The Labute approximate surface area is 306 Å². The van der Waals surface area contributed by atoms with E-state index in [2.05, 4.69) is 179 Å². The predicted molar refractivity (Wildman–Crippen MR) is 221 cm³/mol. The van der Waals surface area contributed by atoms with Gasteiger partial charge in [0.05, 0.1) is 21.7 Å². The second kappa shape index (κ2) is 12.4. The van der Waals surface area contributed by atoms with E-state index >= 15 is 0 Å². The first-order valence-electron chi connectivity index (χ1n) is 17.8. The third-order valence-electron chi connectivity index (χ3n) is 10.4. The Hall–Kier alpha value is -6.36. The highest BCUT2D eigenvalue weighted by molar-refractivity contribution is 7.26. The Morgan fingerprint density at radius 2 is 1.13 bits per heavy atom. The maximum absolute atomic E-state index is 10.6. The van der Waals surface area contributed by atoms with E-state index in [1.165, 1.54) is 42.7 Å². The Kier molecular flexibility index (Phi) is 7.29. The maximum atomic E-state index is 10.6. The second-order valence-electron chi connectivity index (χ2n) is 13.4. The van der Waals surface area contributed by atoms with E-state index in [1.807, 2.05) is 17.4 Å². The highest BCUT2D eigenvalue weighted by atomic mass is 32.1. The molecule has 3 nitrogen and oxygen atoms in total. The molecule has 2 heterocycles. The minimum absolute atomic E-state index is 0.444. The molecular weight excluding hydrogens is 653 g/mol. The zero-order valence-electron chi connectivity index (χ0n) is 28.4. The van der Waals surface area contributed by atoms with Gasteiger partial charge >= 0.3 is 0 Å². The molecule has 0 bridgehead atoms. The van der Waals surface area contributed by atoms with Crippen LogP contribution in [0.1, 0.15) is 17.7 Å². The molecular formula is C48H34N2OS. The van der Waals surface area contributed by atoms with Gasteiger partial charge in [-0.25, -0.2) is 0 Å². The number of aliphatic hydroxyl groups excluding tert-OH is 1. The molecule has 0 aliphatic heterocycles. The van der Waals surface area contributed by atoms with Crippen LogP contribution in [0.4, 0.5) is 17.1 Å². The molecule has 1 aliphatic carbocycles. The summed E-state index contributed by atoms with van der Waals surface area (Å²) in [5.41, 5.74) is 12.7. The molecule has 52 heavy (non-hydrogen) atoms. The number of benzene rings is 7. The quantitative estimate of drug-likeness (QED) is 0.189. The number of aliphatic hydroxyl groups is 1. The van der Waals surface area contributed by atoms with E-state index in [1.54, 1.807) is 0 Å². The van der Waals surface area contributed by atoms with Crippen LogP contribution in [0, 0.1) is 0 Å². The molecule has 0 fully saturated rings. The number of rotatable bonds is 6. The largest absolute Gasteiger partial charge is 0.512 e. The summed E-state index contributed by atoms with van der Waals surface area (Å²) in [5, 5.41) is 14.3. The van der Waals surface area contributed by atoms with Gasteiger partial charge in [0, 0.05) is 55.6 Å². The van der Waals surface area contributed by atoms with Gasteiger partial charge in [-0.2, -0.15) is 0 Å². The molecule has 0 atom stereocenters. The number of anilines is 3. The van der Waals surface area contributed by atoms with E-state index in [0.717, 1.165) is 51.1 Å². The molecule has 2 aromatic heterocycles. The lowest BCUT2D eigenvalue weighted by Gasteiger charge is -2.26. The van der Waals surface area contributed by atoms with Crippen LogP contribution in [0.3, 0.4) is 0 Å². The number of hydrogen-bond donors (Lipinski definition) is 1. The molecule has 4 heteroatoms. The summed E-state index contributed by atoms with van der Waals surface area (Å²) >= 11 is 1.85. The normalized spacial score (nSPS) is 12.7. The third kappa shape index (κ3) is 5.11. The Morgan fingerprint density at radius 3 is 1.88 bits per heavy atom. The van der Waals surface area contributed by atoms with Gasteiger partial charge in [0.2, 0.25) is 0 Å². The first-order valence-corrected chi connectivity index (χ1v) is 18.6. The molecule has 0 spiro atoms. The Balaban J connectivity index is 1.09. The summed E-state index contributed by atoms with van der Waals surface area (Å²) < 4.78 is 4.92. The van der Waals surface area contributed by atoms with Crippen molar-refractivity contribution < 1.29 is 5.11 Å². The zero-order valence-corrected chi connectivity index (χ0v) is 29.2. The molecule has 0 amide bonds. The van der Waals surface area contributed by atoms with Crippen molar-refractivity contribution in [3.05, 3.63) is 187 Å². The lowest BCUT2D eigenvalue weighted by atomic mass is 9.98. The van der Waals surface area contributed by atoms with Crippen molar-refractivity contribution in [3.8, 4) is 27.9 Å². The summed E-state index contributed by atoms with van der Waals surface area (Å²) in [4.78, 5) is 2.39. The van der Waals surface area contributed by atoms with E-state index in [0.29, 0.717) is 12.2 Å². The summed E-state index contributed by atoms with van der Waals surface area (Å²) in [6.45, 7) is 0. The molecule has 9 aromatic rings. The lowest BCUT2D eigenvalue weighted by molar-refractivity contribution is 0.390. The van der Waals surface area contributed by atoms with Crippen molar-refractivity contribution in [1.82, 2.24) is 4.57 Å². The van der Waals surface area contributed by atoms with Crippen LogP contribution in [0.2, 0.25) is 0 Å². The van der Waals surface area contributed by atoms with Gasteiger partial charge in [0.25, 0.3) is 0 Å². The molecule has 1 N–H and O–H groups in total. The van der Waals surface area contributed by atoms with Gasteiger partial charge in [-0.1, -0.05) is 109 Å². The predicted octanol–water partition coefficient (Wildman–Crippen LogP) is 13.6. The summed E-state index contributed by atoms with van der Waals surface area (Å²) in [7, 11) is 0. The smallest absolute Gasteiger partial charge is 0.0933 e. The number of allylic oxidation sites excluding steroid dienone is 1. The molecule has 7 aromatic carbocycles. The fourth-order valence-electron chi connectivity index (χ4n) is 7.88. The standard InChI is InChI=1S/C48H34N2OS/c51-39-27-29-45-43(31-39)42-30-35(22-28-44(42)50(45)36-12-5-2-6-13-36)34-20-25-38(26-21-34)49(37-23-18-33(19-24-37)32-10-3-1-4-11-32)46-16-9-15-41-40-14-7-8-17-47(40)52-48(41)46/h1-26,28,30-31,51H,27,29H2. The van der Waals surface area contributed by atoms with Crippen molar-refractivity contribution in [3.63, 3.8) is 0 Å². The fourth-order valence-corrected chi connectivity index (χ4v) is 9.09. The molecule has 10 rings (SSSR count). The third-order valence-corrected chi connectivity index (χ3v) is 11.6. The molecule has 248 valence electrons. The maximum Gasteiger partial charge on any atom is 0.0933 e. The number of nitrogens with zero attached hydrogens (tertiary/aromatic N) is 2. The van der Waals surface area contributed by atoms with Crippen molar-refractivity contribution in [2.45, 2.75) is 12.8 Å². The monoisotopic (exact) mass is 686 g/mol. The van der Waals surface area contributed by atoms with Crippen molar-refractivity contribution >= 4 is 65.6 Å². The fraction of sp³-hybridized carbons (Fsp3) is 0.0417. The minimum atomic E-state index is 0.444. The Bertz CT molecular complexity index is 2780. The van der Waals surface area contributed by atoms with E-state index in [4.69, 9.17) is 0 Å². The number of fused-ring (bicyclic) bond motifs is 6. The highest BCUT2D eigenvalue weighted by Gasteiger charge is 2.22. The van der Waals surface area contributed by atoms with Crippen molar-refractivity contribution in [1.29, 1.82) is 0 Å². The van der Waals surface area contributed by atoms with Crippen LogP contribution in [0.5, 0.6) is 0 Å². The van der Waals surface area contributed by atoms with Gasteiger partial charge in [-0.05, 0) is 95.4 Å². The van der Waals surface area contributed by atoms with Gasteiger partial charge < -0.3 is 14.6 Å². The van der Waals surface area contributed by atoms with Crippen LogP contribution in [0.25, 0.3) is 65.1 Å². The van der Waals surface area contributed by atoms with E-state index < -0.39 is 0 Å². The summed E-state index contributed by atoms with van der Waals surface area (Å²) in [5.74, 6) is 0.444. The first-order chi connectivity index (χ1) is 25.7. The summed E-state index contributed by atoms with van der Waals surface area (Å²) in [6.07, 6.45) is 3.42. The van der Waals surface area contributed by atoms with E-state index in [9.17, 15) is 5.11 Å². The van der Waals surface area contributed by atoms with Crippen LogP contribution >= 0.6 is 11.3 Å². The van der Waals surface area contributed by atoms with Gasteiger partial charge in [-0.15, -0.1) is 11.3 Å². The molecule has 0 unspecified atom stereocenters. The van der Waals surface area contributed by atoms with Crippen molar-refractivity contribution in [2.24, 2.45) is 0 Å². The second-order valence-corrected chi connectivity index (χ2v) is 14.5. The van der Waals surface area contributed by atoms with Crippen molar-refractivity contribution in [2.75, 3.05) is 4.90 Å². The topological polar surface area (TPSA) is 28.4 Å². The lowest BCUT2D eigenvalue weighted by Crippen LogP contribution is -2.10. The average molecular weight is 687 g/mol. The van der Waals surface area contributed by atoms with E-state index in [-0.39, 0.29) is 0 Å². The van der Waals surface area contributed by atoms with Gasteiger partial charge in [-0.3, -0.25) is 0 Å². The molecule has 1 aliphatic rings. The van der Waals surface area contributed by atoms with Gasteiger partial charge in [0.15, 0.2) is 0 Å². The highest BCUT2D eigenvalue weighted by Crippen LogP contribution is 2.45. The molecule has 0 saturated carbocycles. The zero-order chi connectivity index (χ0) is 34.6. The van der Waals surface area contributed by atoms with Crippen LogP contribution in [-0.2, 0) is 6.42 Å².